The molecule has 0 N–H and O–H groups in total. The molecule has 3 atom stereocenters. The number of likely N-dealkylation sites (tertiary alicyclic amines) is 1. The van der Waals surface area contributed by atoms with E-state index in [1.54, 1.807) is 0 Å². The van der Waals surface area contributed by atoms with Crippen LogP contribution in [0, 0.1) is 0 Å². The minimum absolute atomic E-state index is 0.158. The fourth-order valence-electron chi connectivity index (χ4n) is 5.63. The third-order valence-corrected chi connectivity index (χ3v) is 7.78. The Balaban J connectivity index is 1.58. The van der Waals surface area contributed by atoms with E-state index in [0.29, 0.717) is 6.04 Å². The van der Waals surface area contributed by atoms with Gasteiger partial charge in [0.25, 0.3) is 0 Å². The summed E-state index contributed by atoms with van der Waals surface area (Å²) >= 11 is 0. The number of benzene rings is 2. The minimum atomic E-state index is -0.523. The highest BCUT2D eigenvalue weighted by molar-refractivity contribution is 5.58. The number of rotatable bonds is 7. The highest BCUT2D eigenvalue weighted by atomic mass is 16.7. The van der Waals surface area contributed by atoms with Gasteiger partial charge in [0.05, 0.1) is 0 Å². The number of nitrogens with zero attached hydrogens (tertiary/aromatic N) is 2. The monoisotopic (exact) mass is 460 g/mol. The van der Waals surface area contributed by atoms with E-state index in [9.17, 15) is 0 Å². The van der Waals surface area contributed by atoms with Crippen LogP contribution in [0.25, 0.3) is 0 Å². The van der Waals surface area contributed by atoms with E-state index in [1.165, 1.54) is 18.4 Å². The topological polar surface area (TPSA) is 34.2 Å². The Hall–Kier alpha value is -2.92. The van der Waals surface area contributed by atoms with Crippen LogP contribution in [0.4, 0.5) is 5.69 Å². The molecule has 0 spiro atoms. The van der Waals surface area contributed by atoms with E-state index in [0.717, 1.165) is 60.0 Å². The van der Waals surface area contributed by atoms with Crippen molar-refractivity contribution >= 4 is 5.69 Å². The summed E-state index contributed by atoms with van der Waals surface area (Å²) in [6.07, 6.45) is 6.20. The molecular weight excluding hydrogens is 424 g/mol. The van der Waals surface area contributed by atoms with Gasteiger partial charge in [-0.2, -0.15) is 0 Å². The van der Waals surface area contributed by atoms with Gasteiger partial charge in [0.1, 0.15) is 5.75 Å². The SMILES string of the molecule is C=CN(c1ccc(C2CC(C(=C)C)(N3CCCC3)Oc3cc4c(cc32)OCO4)cc1)C(C)CC. The van der Waals surface area contributed by atoms with Crippen LogP contribution in [0.15, 0.2) is 61.3 Å². The standard InChI is InChI=1S/C29H36N2O3/c1-6-21(5)31(7-2)23-12-10-22(11-13-23)25-18-29(20(3)4,30-14-8-9-15-30)34-26-17-28-27(16-24(25)26)32-19-33-28/h7,10-13,16-17,21,25H,2-3,6,8-9,14-15,18-19H2,1,4-5H3. The molecule has 34 heavy (non-hydrogen) atoms. The lowest BCUT2D eigenvalue weighted by Crippen LogP contribution is -2.55. The number of ether oxygens (including phenoxy) is 3. The van der Waals surface area contributed by atoms with Gasteiger partial charge < -0.3 is 19.1 Å². The molecule has 3 heterocycles. The van der Waals surface area contributed by atoms with Crippen LogP contribution in [0.3, 0.4) is 0 Å². The first-order valence-corrected chi connectivity index (χ1v) is 12.5. The molecule has 3 unspecified atom stereocenters. The molecule has 5 heteroatoms. The molecule has 5 rings (SSSR count). The van der Waals surface area contributed by atoms with Crippen molar-refractivity contribution in [2.75, 3.05) is 24.8 Å². The van der Waals surface area contributed by atoms with E-state index >= 15 is 0 Å². The summed E-state index contributed by atoms with van der Waals surface area (Å²) in [6.45, 7) is 17.3. The molecular formula is C29H36N2O3. The van der Waals surface area contributed by atoms with E-state index < -0.39 is 5.72 Å². The quantitative estimate of drug-likeness (QED) is 0.444. The third kappa shape index (κ3) is 3.76. The van der Waals surface area contributed by atoms with Gasteiger partial charge >= 0.3 is 0 Å². The molecule has 0 aliphatic carbocycles. The number of fused-ring (bicyclic) bond motifs is 2. The first-order chi connectivity index (χ1) is 16.5. The van der Waals surface area contributed by atoms with Crippen LogP contribution in [0.1, 0.15) is 63.5 Å². The van der Waals surface area contributed by atoms with E-state index in [2.05, 4.69) is 74.1 Å². The van der Waals surface area contributed by atoms with Crippen molar-refractivity contribution in [2.24, 2.45) is 0 Å². The average Bonchev–Trinajstić information content (AvgIpc) is 3.55. The van der Waals surface area contributed by atoms with Gasteiger partial charge in [0, 0.05) is 48.8 Å². The molecule has 0 bridgehead atoms. The van der Waals surface area contributed by atoms with Crippen LogP contribution in [0.5, 0.6) is 17.2 Å². The molecule has 0 aromatic heterocycles. The van der Waals surface area contributed by atoms with Gasteiger partial charge in [0.15, 0.2) is 17.2 Å². The van der Waals surface area contributed by atoms with Crippen molar-refractivity contribution < 1.29 is 14.2 Å². The smallest absolute Gasteiger partial charge is 0.231 e. The second-order valence-corrected chi connectivity index (χ2v) is 9.80. The van der Waals surface area contributed by atoms with Gasteiger partial charge in [-0.15, -0.1) is 0 Å². The molecule has 2 aromatic carbocycles. The highest BCUT2D eigenvalue weighted by Gasteiger charge is 2.48. The fourth-order valence-corrected chi connectivity index (χ4v) is 5.63. The minimum Gasteiger partial charge on any atom is -0.468 e. The summed E-state index contributed by atoms with van der Waals surface area (Å²) in [5.74, 6) is 2.57. The summed E-state index contributed by atoms with van der Waals surface area (Å²) < 4.78 is 18.3. The van der Waals surface area contributed by atoms with Crippen molar-refractivity contribution in [3.05, 3.63) is 72.5 Å². The molecule has 0 saturated carbocycles. The summed E-state index contributed by atoms with van der Waals surface area (Å²) in [4.78, 5) is 4.72. The normalized spacial score (nSPS) is 24.3. The Morgan fingerprint density at radius 2 is 1.82 bits per heavy atom. The summed E-state index contributed by atoms with van der Waals surface area (Å²) in [5, 5.41) is 0. The van der Waals surface area contributed by atoms with E-state index in [-0.39, 0.29) is 12.7 Å². The summed E-state index contributed by atoms with van der Waals surface area (Å²) in [7, 11) is 0. The lowest BCUT2D eigenvalue weighted by Gasteiger charge is -2.48. The lowest BCUT2D eigenvalue weighted by atomic mass is 9.79. The van der Waals surface area contributed by atoms with Crippen molar-refractivity contribution in [3.63, 3.8) is 0 Å². The molecule has 0 amide bonds. The van der Waals surface area contributed by atoms with Gasteiger partial charge in [-0.3, -0.25) is 4.90 Å². The Labute approximate surface area is 203 Å². The number of anilines is 1. The fraction of sp³-hybridized carbons (Fsp3) is 0.448. The number of hydrogen-bond donors (Lipinski definition) is 0. The predicted molar refractivity (Wildman–Crippen MR) is 137 cm³/mol. The average molecular weight is 461 g/mol. The first-order valence-electron chi connectivity index (χ1n) is 12.5. The summed E-state index contributed by atoms with van der Waals surface area (Å²) in [6, 6.07) is 13.5. The molecule has 0 radical (unpaired) electrons. The highest BCUT2D eigenvalue weighted by Crippen LogP contribution is 2.52. The number of hydrogen-bond acceptors (Lipinski definition) is 5. The second-order valence-electron chi connectivity index (χ2n) is 9.80. The van der Waals surface area contributed by atoms with Crippen molar-refractivity contribution in [3.8, 4) is 17.2 Å². The Morgan fingerprint density at radius 1 is 1.15 bits per heavy atom. The van der Waals surface area contributed by atoms with Gasteiger partial charge in [-0.05, 0) is 68.6 Å². The van der Waals surface area contributed by atoms with Crippen LogP contribution >= 0.6 is 0 Å². The van der Waals surface area contributed by atoms with Crippen LogP contribution in [0.2, 0.25) is 0 Å². The second kappa shape index (κ2) is 9.03. The first kappa shape index (κ1) is 22.9. The van der Waals surface area contributed by atoms with Crippen LogP contribution in [-0.2, 0) is 0 Å². The maximum absolute atomic E-state index is 6.84. The third-order valence-electron chi connectivity index (χ3n) is 7.78. The Morgan fingerprint density at radius 3 is 2.44 bits per heavy atom. The Bertz CT molecular complexity index is 1070. The summed E-state index contributed by atoms with van der Waals surface area (Å²) in [5.41, 5.74) is 4.11. The molecule has 5 nitrogen and oxygen atoms in total. The van der Waals surface area contributed by atoms with Crippen LogP contribution < -0.4 is 19.1 Å². The van der Waals surface area contributed by atoms with Gasteiger partial charge in [0.2, 0.25) is 6.79 Å². The van der Waals surface area contributed by atoms with E-state index in [1.807, 2.05) is 12.3 Å². The van der Waals surface area contributed by atoms with Gasteiger partial charge in [-0.25, -0.2) is 0 Å². The van der Waals surface area contributed by atoms with E-state index in [4.69, 9.17) is 14.2 Å². The maximum Gasteiger partial charge on any atom is 0.231 e. The van der Waals surface area contributed by atoms with Crippen molar-refractivity contribution in [2.45, 2.75) is 64.1 Å². The molecule has 3 aliphatic heterocycles. The lowest BCUT2D eigenvalue weighted by molar-refractivity contribution is -0.0607. The molecule has 1 fully saturated rings. The zero-order valence-electron chi connectivity index (χ0n) is 20.7. The molecule has 3 aliphatic rings. The predicted octanol–water partition coefficient (Wildman–Crippen LogP) is 6.45. The maximum atomic E-state index is 6.84. The largest absolute Gasteiger partial charge is 0.468 e. The van der Waals surface area contributed by atoms with Crippen molar-refractivity contribution in [1.82, 2.24) is 4.90 Å². The van der Waals surface area contributed by atoms with Crippen molar-refractivity contribution in [1.29, 1.82) is 0 Å². The Kier molecular flexibility index (Phi) is 6.07. The van der Waals surface area contributed by atoms with Crippen LogP contribution in [-0.4, -0.2) is 36.5 Å². The zero-order valence-corrected chi connectivity index (χ0v) is 20.7. The molecule has 180 valence electrons. The van der Waals surface area contributed by atoms with Gasteiger partial charge in [-0.1, -0.05) is 32.2 Å². The molecule has 2 aromatic rings. The molecule has 1 saturated heterocycles. The zero-order chi connectivity index (χ0) is 23.9.